The first-order valence-corrected chi connectivity index (χ1v) is 7.40. The highest BCUT2D eigenvalue weighted by Gasteiger charge is 2.49. The number of alkyl carbamates (subject to hydrolysis) is 1. The van der Waals surface area contributed by atoms with Crippen LogP contribution in [0.25, 0.3) is 0 Å². The maximum atomic E-state index is 11.9. The fraction of sp³-hybridized carbons (Fsp3) is 0.933. The number of nitrogens with one attached hydrogen (secondary N) is 1. The lowest BCUT2D eigenvalue weighted by Gasteiger charge is -2.53. The molecule has 4 nitrogen and oxygen atoms in total. The van der Waals surface area contributed by atoms with Gasteiger partial charge >= 0.3 is 6.09 Å². The van der Waals surface area contributed by atoms with E-state index >= 15 is 0 Å². The molecule has 3 saturated carbocycles. The summed E-state index contributed by atoms with van der Waals surface area (Å²) in [5.41, 5.74) is -0.156. The number of rotatable bonds is 3. The van der Waals surface area contributed by atoms with E-state index in [0.717, 1.165) is 44.9 Å². The van der Waals surface area contributed by atoms with Crippen molar-refractivity contribution in [3.05, 3.63) is 0 Å². The van der Waals surface area contributed by atoms with Crippen LogP contribution in [-0.4, -0.2) is 28.9 Å². The zero-order valence-corrected chi connectivity index (χ0v) is 12.4. The summed E-state index contributed by atoms with van der Waals surface area (Å²) in [6.07, 6.45) is 7.03. The molecular formula is C15H27NO3. The minimum Gasteiger partial charge on any atom is -0.444 e. The van der Waals surface area contributed by atoms with Crippen molar-refractivity contribution in [2.75, 3.05) is 6.61 Å². The van der Waals surface area contributed by atoms with Crippen LogP contribution in [0.2, 0.25) is 0 Å². The van der Waals surface area contributed by atoms with Gasteiger partial charge in [-0.05, 0) is 71.1 Å². The van der Waals surface area contributed by atoms with Gasteiger partial charge in [-0.1, -0.05) is 0 Å². The van der Waals surface area contributed by atoms with Crippen LogP contribution in [0.15, 0.2) is 0 Å². The number of hydrogen-bond donors (Lipinski definition) is 2. The summed E-state index contributed by atoms with van der Waals surface area (Å²) in [6.45, 7) is 5.95. The van der Waals surface area contributed by atoms with Crippen molar-refractivity contribution in [3.8, 4) is 0 Å². The van der Waals surface area contributed by atoms with Crippen molar-refractivity contribution < 1.29 is 14.6 Å². The van der Waals surface area contributed by atoms with Gasteiger partial charge in [0.15, 0.2) is 0 Å². The number of amides is 1. The Hall–Kier alpha value is -0.770. The van der Waals surface area contributed by atoms with Crippen LogP contribution >= 0.6 is 0 Å². The van der Waals surface area contributed by atoms with Gasteiger partial charge in [0.1, 0.15) is 5.60 Å². The zero-order chi connectivity index (χ0) is 14.1. The van der Waals surface area contributed by atoms with Crippen molar-refractivity contribution >= 4 is 6.09 Å². The van der Waals surface area contributed by atoms with E-state index in [9.17, 15) is 9.90 Å². The van der Waals surface area contributed by atoms with E-state index in [0.29, 0.717) is 5.41 Å². The maximum absolute atomic E-state index is 11.9. The fourth-order valence-corrected chi connectivity index (χ4v) is 3.58. The average molecular weight is 269 g/mol. The molecule has 0 saturated heterocycles. The molecule has 0 aromatic carbocycles. The molecular weight excluding hydrogens is 242 g/mol. The summed E-state index contributed by atoms with van der Waals surface area (Å²) >= 11 is 0. The molecule has 3 rings (SSSR count). The predicted octanol–water partition coefficient (Wildman–Crippen LogP) is 2.99. The van der Waals surface area contributed by atoms with E-state index in [1.54, 1.807) is 0 Å². The van der Waals surface area contributed by atoms with E-state index in [1.165, 1.54) is 0 Å². The number of carbonyl (C=O) groups is 1. The molecule has 2 N–H and O–H groups in total. The van der Waals surface area contributed by atoms with E-state index in [2.05, 4.69) is 5.32 Å². The molecule has 0 aromatic rings. The van der Waals surface area contributed by atoms with Crippen LogP contribution in [0.1, 0.15) is 65.7 Å². The third kappa shape index (κ3) is 3.41. The van der Waals surface area contributed by atoms with Crippen molar-refractivity contribution in [1.29, 1.82) is 0 Å². The Morgan fingerprint density at radius 2 is 1.68 bits per heavy atom. The van der Waals surface area contributed by atoms with Crippen molar-refractivity contribution in [2.45, 2.75) is 76.9 Å². The predicted molar refractivity (Wildman–Crippen MR) is 73.9 cm³/mol. The summed E-state index contributed by atoms with van der Waals surface area (Å²) in [5.74, 6) is 0. The normalized spacial score (nSPS) is 34.1. The SMILES string of the molecule is CC(C)(C)OC(=O)NC12CCC(CCO)(CC1)CC2. The number of hydrogen-bond acceptors (Lipinski definition) is 3. The first kappa shape index (κ1) is 14.6. The molecule has 0 heterocycles. The summed E-state index contributed by atoms with van der Waals surface area (Å²) in [4.78, 5) is 11.9. The zero-order valence-electron chi connectivity index (χ0n) is 12.4. The van der Waals surface area contributed by atoms with Crippen LogP contribution in [0, 0.1) is 5.41 Å². The summed E-state index contributed by atoms with van der Waals surface area (Å²) in [7, 11) is 0. The molecule has 110 valence electrons. The van der Waals surface area contributed by atoms with Crippen molar-refractivity contribution in [1.82, 2.24) is 5.32 Å². The molecule has 3 aliphatic rings. The average Bonchev–Trinajstić information content (AvgIpc) is 2.29. The molecule has 19 heavy (non-hydrogen) atoms. The second-order valence-electron chi connectivity index (χ2n) is 7.38. The minimum absolute atomic E-state index is 0.0560. The van der Waals surface area contributed by atoms with Crippen molar-refractivity contribution in [2.24, 2.45) is 5.41 Å². The van der Waals surface area contributed by atoms with Crippen LogP contribution in [0.3, 0.4) is 0 Å². The van der Waals surface area contributed by atoms with Gasteiger partial charge in [0.05, 0.1) is 0 Å². The molecule has 4 heteroatoms. The fourth-order valence-electron chi connectivity index (χ4n) is 3.58. The molecule has 1 amide bonds. The molecule has 3 aliphatic carbocycles. The van der Waals surface area contributed by atoms with E-state index in [-0.39, 0.29) is 18.2 Å². The summed E-state index contributed by atoms with van der Waals surface area (Å²) in [5, 5.41) is 12.3. The molecule has 0 aromatic heterocycles. The van der Waals surface area contributed by atoms with Gasteiger partial charge in [-0.3, -0.25) is 0 Å². The molecule has 0 spiro atoms. The first-order valence-electron chi connectivity index (χ1n) is 7.40. The minimum atomic E-state index is -0.440. The highest BCUT2D eigenvalue weighted by molar-refractivity contribution is 5.68. The van der Waals surface area contributed by atoms with Crippen molar-refractivity contribution in [3.63, 3.8) is 0 Å². The van der Waals surface area contributed by atoms with Gasteiger partial charge in [0, 0.05) is 12.1 Å². The Balaban J connectivity index is 1.92. The second kappa shape index (κ2) is 4.97. The van der Waals surface area contributed by atoms with E-state index < -0.39 is 5.60 Å². The summed E-state index contributed by atoms with van der Waals surface area (Å²) < 4.78 is 5.37. The number of ether oxygens (including phenoxy) is 1. The van der Waals surface area contributed by atoms with E-state index in [1.807, 2.05) is 20.8 Å². The Bertz CT molecular complexity index is 321. The Labute approximate surface area is 115 Å². The van der Waals surface area contributed by atoms with Crippen LogP contribution in [0.4, 0.5) is 4.79 Å². The Morgan fingerprint density at radius 3 is 2.11 bits per heavy atom. The Kier molecular flexibility index (Phi) is 3.83. The molecule has 0 aliphatic heterocycles. The lowest BCUT2D eigenvalue weighted by Crippen LogP contribution is -2.57. The highest BCUT2D eigenvalue weighted by Crippen LogP contribution is 2.53. The van der Waals surface area contributed by atoms with E-state index in [4.69, 9.17) is 4.74 Å². The Morgan fingerprint density at radius 1 is 1.16 bits per heavy atom. The first-order chi connectivity index (χ1) is 8.78. The molecule has 0 unspecified atom stereocenters. The van der Waals surface area contributed by atoms with Gasteiger partial charge in [-0.2, -0.15) is 0 Å². The van der Waals surface area contributed by atoms with Crippen LogP contribution < -0.4 is 5.32 Å². The lowest BCUT2D eigenvalue weighted by atomic mass is 9.56. The lowest BCUT2D eigenvalue weighted by molar-refractivity contribution is -0.00619. The van der Waals surface area contributed by atoms with Gasteiger partial charge < -0.3 is 15.2 Å². The van der Waals surface area contributed by atoms with Crippen LogP contribution in [0.5, 0.6) is 0 Å². The van der Waals surface area contributed by atoms with Gasteiger partial charge in [-0.25, -0.2) is 4.79 Å². The second-order valence-corrected chi connectivity index (χ2v) is 7.38. The third-order valence-electron chi connectivity index (χ3n) is 4.81. The maximum Gasteiger partial charge on any atom is 0.408 e. The van der Waals surface area contributed by atoms with Gasteiger partial charge in [-0.15, -0.1) is 0 Å². The van der Waals surface area contributed by atoms with Crippen LogP contribution in [-0.2, 0) is 4.74 Å². The van der Waals surface area contributed by atoms with Gasteiger partial charge in [0.2, 0.25) is 0 Å². The highest BCUT2D eigenvalue weighted by atomic mass is 16.6. The molecule has 0 atom stereocenters. The number of aliphatic hydroxyl groups excluding tert-OH is 1. The molecule has 0 radical (unpaired) electrons. The standard InChI is InChI=1S/C15H27NO3/c1-13(2,3)19-12(18)16-15-7-4-14(5-8-15,6-9-15)10-11-17/h17H,4-11H2,1-3H3,(H,16,18). The number of fused-ring (bicyclic) bond motifs is 3. The smallest absolute Gasteiger partial charge is 0.408 e. The molecule has 2 bridgehead atoms. The largest absolute Gasteiger partial charge is 0.444 e. The number of aliphatic hydroxyl groups is 1. The monoisotopic (exact) mass is 269 g/mol. The third-order valence-corrected chi connectivity index (χ3v) is 4.81. The summed E-state index contributed by atoms with van der Waals surface area (Å²) in [6, 6.07) is 0. The molecule has 3 fully saturated rings. The topological polar surface area (TPSA) is 58.6 Å². The number of carbonyl (C=O) groups excluding carboxylic acids is 1. The quantitative estimate of drug-likeness (QED) is 0.828. The van der Waals surface area contributed by atoms with Gasteiger partial charge in [0.25, 0.3) is 0 Å².